The van der Waals surface area contributed by atoms with Gasteiger partial charge in [0.25, 0.3) is 0 Å². The average Bonchev–Trinajstić information content (AvgIpc) is 2.48. The Kier molecular flexibility index (Phi) is 4.71. The normalized spacial score (nSPS) is 10.2. The lowest BCUT2D eigenvalue weighted by Crippen LogP contribution is -1.94. The summed E-state index contributed by atoms with van der Waals surface area (Å²) in [5.74, 6) is 2.16. The number of aliphatic hydroxyl groups is 1. The molecular weight excluding hydrogens is 280 g/mol. The number of halogens is 1. The number of ether oxygens (including phenoxy) is 3. The standard InChI is InChI=1S/C15H15ClO4/c1-18-11-6-12(19-2)8-13(7-11)20-15-10(9-17)4-3-5-14(15)16/h3-8,17H,9H2,1-2H3. The van der Waals surface area contributed by atoms with Crippen LogP contribution in [0.5, 0.6) is 23.0 Å². The Bertz CT molecular complexity index is 576. The average molecular weight is 295 g/mol. The zero-order chi connectivity index (χ0) is 14.5. The van der Waals surface area contributed by atoms with Crippen molar-refractivity contribution >= 4 is 11.6 Å². The van der Waals surface area contributed by atoms with Crippen molar-refractivity contribution in [2.24, 2.45) is 0 Å². The van der Waals surface area contributed by atoms with E-state index in [4.69, 9.17) is 25.8 Å². The monoisotopic (exact) mass is 294 g/mol. The van der Waals surface area contributed by atoms with Gasteiger partial charge >= 0.3 is 0 Å². The molecule has 106 valence electrons. The van der Waals surface area contributed by atoms with Gasteiger partial charge < -0.3 is 19.3 Å². The zero-order valence-corrected chi connectivity index (χ0v) is 12.0. The predicted molar refractivity (Wildman–Crippen MR) is 77.0 cm³/mol. The fourth-order valence-electron chi connectivity index (χ4n) is 1.75. The fraction of sp³-hybridized carbons (Fsp3) is 0.200. The molecule has 0 aliphatic carbocycles. The van der Waals surface area contributed by atoms with Crippen molar-refractivity contribution in [3.63, 3.8) is 0 Å². The van der Waals surface area contributed by atoms with Crippen LogP contribution in [0.1, 0.15) is 5.56 Å². The van der Waals surface area contributed by atoms with Crippen molar-refractivity contribution in [3.05, 3.63) is 47.0 Å². The fourth-order valence-corrected chi connectivity index (χ4v) is 1.98. The number of benzene rings is 2. The highest BCUT2D eigenvalue weighted by atomic mass is 35.5. The van der Waals surface area contributed by atoms with E-state index in [1.165, 1.54) is 0 Å². The molecule has 20 heavy (non-hydrogen) atoms. The SMILES string of the molecule is COc1cc(OC)cc(Oc2c(Cl)cccc2CO)c1. The van der Waals surface area contributed by atoms with Crippen LogP contribution in [-0.2, 0) is 6.61 Å². The van der Waals surface area contributed by atoms with Gasteiger partial charge in [-0.05, 0) is 6.07 Å². The van der Waals surface area contributed by atoms with Gasteiger partial charge in [-0.3, -0.25) is 0 Å². The molecule has 0 atom stereocenters. The first-order valence-electron chi connectivity index (χ1n) is 5.97. The molecule has 0 saturated heterocycles. The third kappa shape index (κ3) is 3.15. The highest BCUT2D eigenvalue weighted by molar-refractivity contribution is 6.32. The number of methoxy groups -OCH3 is 2. The molecule has 2 rings (SSSR count). The molecule has 4 nitrogen and oxygen atoms in total. The molecule has 0 unspecified atom stereocenters. The minimum Gasteiger partial charge on any atom is -0.496 e. The maximum atomic E-state index is 9.33. The third-order valence-electron chi connectivity index (χ3n) is 2.76. The summed E-state index contributed by atoms with van der Waals surface area (Å²) in [6.45, 7) is -0.156. The minimum absolute atomic E-state index is 0.156. The molecule has 2 aromatic rings. The van der Waals surface area contributed by atoms with E-state index in [-0.39, 0.29) is 6.61 Å². The van der Waals surface area contributed by atoms with E-state index in [1.54, 1.807) is 50.6 Å². The topological polar surface area (TPSA) is 47.9 Å². The van der Waals surface area contributed by atoms with Gasteiger partial charge in [-0.1, -0.05) is 23.7 Å². The second-order valence-electron chi connectivity index (χ2n) is 4.04. The van der Waals surface area contributed by atoms with E-state index in [0.29, 0.717) is 33.6 Å². The van der Waals surface area contributed by atoms with Crippen molar-refractivity contribution in [2.45, 2.75) is 6.61 Å². The van der Waals surface area contributed by atoms with Crippen LogP contribution in [0.25, 0.3) is 0 Å². The molecule has 5 heteroatoms. The van der Waals surface area contributed by atoms with Gasteiger partial charge in [0.05, 0.1) is 25.8 Å². The molecule has 0 aliphatic rings. The molecule has 0 heterocycles. The minimum atomic E-state index is -0.156. The predicted octanol–water partition coefficient (Wildman–Crippen LogP) is 3.64. The number of rotatable bonds is 5. The largest absolute Gasteiger partial charge is 0.496 e. The van der Waals surface area contributed by atoms with Crippen molar-refractivity contribution < 1.29 is 19.3 Å². The summed E-state index contributed by atoms with van der Waals surface area (Å²) in [5, 5.41) is 9.76. The first-order valence-corrected chi connectivity index (χ1v) is 6.35. The molecule has 1 N–H and O–H groups in total. The molecular formula is C15H15ClO4. The second-order valence-corrected chi connectivity index (χ2v) is 4.44. The van der Waals surface area contributed by atoms with Crippen LogP contribution in [0.4, 0.5) is 0 Å². The molecule has 0 aliphatic heterocycles. The summed E-state index contributed by atoms with van der Waals surface area (Å²) in [6.07, 6.45) is 0. The molecule has 0 spiro atoms. The Balaban J connectivity index is 2.39. The Morgan fingerprint density at radius 3 is 2.15 bits per heavy atom. The molecule has 0 amide bonds. The van der Waals surface area contributed by atoms with Crippen LogP contribution in [0.15, 0.2) is 36.4 Å². The van der Waals surface area contributed by atoms with Gasteiger partial charge in [-0.15, -0.1) is 0 Å². The van der Waals surface area contributed by atoms with Crippen LogP contribution in [0.3, 0.4) is 0 Å². The number of para-hydroxylation sites is 1. The van der Waals surface area contributed by atoms with Crippen molar-refractivity contribution in [1.82, 2.24) is 0 Å². The smallest absolute Gasteiger partial charge is 0.151 e. The summed E-state index contributed by atoms with van der Waals surface area (Å²) >= 11 is 6.11. The molecule has 0 fully saturated rings. The van der Waals surface area contributed by atoms with Crippen LogP contribution < -0.4 is 14.2 Å². The summed E-state index contributed by atoms with van der Waals surface area (Å²) in [7, 11) is 3.13. The van der Waals surface area contributed by atoms with Crippen LogP contribution in [0, 0.1) is 0 Å². The summed E-state index contributed by atoms with van der Waals surface area (Å²) in [4.78, 5) is 0. The molecule has 0 saturated carbocycles. The molecule has 0 bridgehead atoms. The first kappa shape index (κ1) is 14.5. The van der Waals surface area contributed by atoms with Crippen LogP contribution in [-0.4, -0.2) is 19.3 Å². The molecule has 2 aromatic carbocycles. The van der Waals surface area contributed by atoms with Crippen molar-refractivity contribution in [3.8, 4) is 23.0 Å². The summed E-state index contributed by atoms with van der Waals surface area (Å²) < 4.78 is 16.1. The van der Waals surface area contributed by atoms with Gasteiger partial charge in [0.15, 0.2) is 5.75 Å². The van der Waals surface area contributed by atoms with E-state index in [0.717, 1.165) is 0 Å². The van der Waals surface area contributed by atoms with Gasteiger partial charge in [-0.2, -0.15) is 0 Å². The van der Waals surface area contributed by atoms with Gasteiger partial charge in [0.1, 0.15) is 17.2 Å². The lowest BCUT2D eigenvalue weighted by Gasteiger charge is -2.13. The quantitative estimate of drug-likeness (QED) is 0.914. The van der Waals surface area contributed by atoms with E-state index in [9.17, 15) is 5.11 Å². The van der Waals surface area contributed by atoms with Gasteiger partial charge in [0.2, 0.25) is 0 Å². The Hall–Kier alpha value is -1.91. The highest BCUT2D eigenvalue weighted by Gasteiger charge is 2.11. The highest BCUT2D eigenvalue weighted by Crippen LogP contribution is 2.36. The number of hydrogen-bond acceptors (Lipinski definition) is 4. The zero-order valence-electron chi connectivity index (χ0n) is 11.2. The Morgan fingerprint density at radius 2 is 1.60 bits per heavy atom. The van der Waals surface area contributed by atoms with Crippen LogP contribution >= 0.6 is 11.6 Å². The second kappa shape index (κ2) is 6.50. The van der Waals surface area contributed by atoms with Gasteiger partial charge in [-0.25, -0.2) is 0 Å². The van der Waals surface area contributed by atoms with Crippen molar-refractivity contribution in [2.75, 3.05) is 14.2 Å². The van der Waals surface area contributed by atoms with E-state index < -0.39 is 0 Å². The molecule has 0 radical (unpaired) electrons. The maximum Gasteiger partial charge on any atom is 0.151 e. The lowest BCUT2D eigenvalue weighted by atomic mass is 10.2. The van der Waals surface area contributed by atoms with Crippen LogP contribution in [0.2, 0.25) is 5.02 Å². The first-order chi connectivity index (χ1) is 9.67. The van der Waals surface area contributed by atoms with Crippen molar-refractivity contribution in [1.29, 1.82) is 0 Å². The Labute approximate surface area is 122 Å². The lowest BCUT2D eigenvalue weighted by molar-refractivity contribution is 0.276. The Morgan fingerprint density at radius 1 is 1.00 bits per heavy atom. The van der Waals surface area contributed by atoms with Gasteiger partial charge in [0, 0.05) is 23.8 Å². The summed E-state index contributed by atoms with van der Waals surface area (Å²) in [5.41, 5.74) is 0.610. The van der Waals surface area contributed by atoms with E-state index in [2.05, 4.69) is 0 Å². The third-order valence-corrected chi connectivity index (χ3v) is 3.06. The van der Waals surface area contributed by atoms with E-state index in [1.807, 2.05) is 0 Å². The number of hydrogen-bond donors (Lipinski definition) is 1. The number of aliphatic hydroxyl groups excluding tert-OH is 1. The van der Waals surface area contributed by atoms with E-state index >= 15 is 0 Å². The molecule has 0 aromatic heterocycles. The summed E-state index contributed by atoms with van der Waals surface area (Å²) in [6, 6.07) is 10.4. The maximum absolute atomic E-state index is 9.33.